The van der Waals surface area contributed by atoms with Crippen LogP contribution in [-0.2, 0) is 0 Å². The van der Waals surface area contributed by atoms with Crippen LogP contribution in [0, 0.1) is 24.1 Å². The zero-order valence-corrected chi connectivity index (χ0v) is 12.3. The van der Waals surface area contributed by atoms with E-state index in [-0.39, 0.29) is 5.82 Å². The van der Waals surface area contributed by atoms with Crippen LogP contribution >= 0.6 is 0 Å². The smallest absolute Gasteiger partial charge is 0.226 e. The van der Waals surface area contributed by atoms with Crippen molar-refractivity contribution in [1.82, 2.24) is 9.97 Å². The highest BCUT2D eigenvalue weighted by Gasteiger charge is 2.21. The van der Waals surface area contributed by atoms with Crippen LogP contribution in [0.4, 0.5) is 16.0 Å². The van der Waals surface area contributed by atoms with Crippen molar-refractivity contribution in [2.24, 2.45) is 0 Å². The van der Waals surface area contributed by atoms with Crippen LogP contribution in [0.2, 0.25) is 0 Å². The molecule has 0 radical (unpaired) electrons. The summed E-state index contributed by atoms with van der Waals surface area (Å²) in [6.45, 7) is 4.63. The van der Waals surface area contributed by atoms with Crippen LogP contribution in [0.25, 0.3) is 0 Å². The van der Waals surface area contributed by atoms with Crippen molar-refractivity contribution in [3.63, 3.8) is 0 Å². The second kappa shape index (κ2) is 5.98. The third kappa shape index (κ3) is 2.84. The lowest BCUT2D eigenvalue weighted by Gasteiger charge is -2.36. The first kappa shape index (κ1) is 14.3. The van der Waals surface area contributed by atoms with Gasteiger partial charge in [-0.2, -0.15) is 5.26 Å². The summed E-state index contributed by atoms with van der Waals surface area (Å²) in [6.07, 6.45) is 0. The van der Waals surface area contributed by atoms with Gasteiger partial charge in [-0.15, -0.1) is 0 Å². The molecule has 2 heterocycles. The molecule has 6 heteroatoms. The van der Waals surface area contributed by atoms with Crippen molar-refractivity contribution >= 4 is 11.6 Å². The largest absolute Gasteiger partial charge is 0.366 e. The van der Waals surface area contributed by atoms with Crippen molar-refractivity contribution < 1.29 is 4.39 Å². The summed E-state index contributed by atoms with van der Waals surface area (Å²) in [5.74, 6) is 0.374. The maximum Gasteiger partial charge on any atom is 0.226 e. The third-order valence-electron chi connectivity index (χ3n) is 3.71. The molecule has 22 heavy (non-hydrogen) atoms. The summed E-state index contributed by atoms with van der Waals surface area (Å²) in [4.78, 5) is 12.7. The number of benzene rings is 1. The Hall–Kier alpha value is -2.68. The molecule has 0 amide bonds. The van der Waals surface area contributed by atoms with E-state index in [0.29, 0.717) is 43.5 Å². The number of aromatic nitrogens is 2. The summed E-state index contributed by atoms with van der Waals surface area (Å²) in [5, 5.41) is 9.00. The second-order valence-electron chi connectivity index (χ2n) is 5.23. The highest BCUT2D eigenvalue weighted by Crippen LogP contribution is 2.21. The fourth-order valence-corrected chi connectivity index (χ4v) is 2.61. The maximum absolute atomic E-state index is 13.8. The molecular formula is C16H16FN5. The standard InChI is InChI=1S/C16H16FN5/c1-12-10-13(11-18)20-16(19-12)22-8-6-21(7-9-22)15-5-3-2-4-14(15)17/h2-5,10H,6-9H2,1H3. The van der Waals surface area contributed by atoms with Gasteiger partial charge in [0.1, 0.15) is 17.6 Å². The Kier molecular flexibility index (Phi) is 3.88. The predicted octanol–water partition coefficient (Wildman–Crippen LogP) is 2.12. The van der Waals surface area contributed by atoms with Crippen LogP contribution in [0.1, 0.15) is 11.4 Å². The Labute approximate surface area is 128 Å². The van der Waals surface area contributed by atoms with Gasteiger partial charge in [-0.3, -0.25) is 0 Å². The van der Waals surface area contributed by atoms with Gasteiger partial charge in [-0.25, -0.2) is 14.4 Å². The molecule has 2 aromatic rings. The molecule has 0 N–H and O–H groups in total. The molecule has 1 aliphatic rings. The van der Waals surface area contributed by atoms with E-state index in [4.69, 9.17) is 5.26 Å². The van der Waals surface area contributed by atoms with E-state index in [1.54, 1.807) is 18.2 Å². The molecule has 1 saturated heterocycles. The minimum atomic E-state index is -0.200. The van der Waals surface area contributed by atoms with E-state index < -0.39 is 0 Å². The molecular weight excluding hydrogens is 281 g/mol. The molecule has 1 aromatic heterocycles. The lowest BCUT2D eigenvalue weighted by Crippen LogP contribution is -2.47. The molecule has 0 unspecified atom stereocenters. The average molecular weight is 297 g/mol. The van der Waals surface area contributed by atoms with Crippen LogP contribution in [-0.4, -0.2) is 36.1 Å². The van der Waals surface area contributed by atoms with E-state index in [2.05, 4.69) is 16.0 Å². The highest BCUT2D eigenvalue weighted by atomic mass is 19.1. The number of anilines is 2. The molecule has 112 valence electrons. The van der Waals surface area contributed by atoms with E-state index in [9.17, 15) is 4.39 Å². The number of nitrogens with zero attached hydrogens (tertiary/aromatic N) is 5. The summed E-state index contributed by atoms with van der Waals surface area (Å²) in [6, 6.07) is 10.5. The Morgan fingerprint density at radius 2 is 1.77 bits per heavy atom. The fraction of sp³-hybridized carbons (Fsp3) is 0.312. The SMILES string of the molecule is Cc1cc(C#N)nc(N2CCN(c3ccccc3F)CC2)n1. The molecule has 3 rings (SSSR count). The number of rotatable bonds is 2. The van der Waals surface area contributed by atoms with Gasteiger partial charge in [0.15, 0.2) is 0 Å². The first-order valence-electron chi connectivity index (χ1n) is 7.17. The maximum atomic E-state index is 13.8. The summed E-state index contributed by atoms with van der Waals surface area (Å²) in [5.41, 5.74) is 1.78. The minimum absolute atomic E-state index is 0.200. The zero-order chi connectivity index (χ0) is 15.5. The predicted molar refractivity (Wildman–Crippen MR) is 82.3 cm³/mol. The zero-order valence-electron chi connectivity index (χ0n) is 12.3. The first-order valence-corrected chi connectivity index (χ1v) is 7.17. The van der Waals surface area contributed by atoms with Crippen molar-refractivity contribution in [3.05, 3.63) is 47.5 Å². The van der Waals surface area contributed by atoms with Gasteiger partial charge in [-0.05, 0) is 25.1 Å². The van der Waals surface area contributed by atoms with Gasteiger partial charge in [0, 0.05) is 31.9 Å². The average Bonchev–Trinajstić information content (AvgIpc) is 2.55. The van der Waals surface area contributed by atoms with Crippen LogP contribution in [0.15, 0.2) is 30.3 Å². The number of piperazine rings is 1. The molecule has 0 aliphatic carbocycles. The summed E-state index contributed by atoms with van der Waals surface area (Å²) >= 11 is 0. The minimum Gasteiger partial charge on any atom is -0.366 e. The number of hydrogen-bond acceptors (Lipinski definition) is 5. The lowest BCUT2D eigenvalue weighted by atomic mass is 10.2. The van der Waals surface area contributed by atoms with Crippen molar-refractivity contribution in [1.29, 1.82) is 5.26 Å². The lowest BCUT2D eigenvalue weighted by molar-refractivity contribution is 0.593. The highest BCUT2D eigenvalue weighted by molar-refractivity contribution is 5.49. The van der Waals surface area contributed by atoms with E-state index in [1.165, 1.54) is 6.07 Å². The third-order valence-corrected chi connectivity index (χ3v) is 3.71. The van der Waals surface area contributed by atoms with Crippen molar-refractivity contribution in [2.45, 2.75) is 6.92 Å². The Morgan fingerprint density at radius 1 is 1.09 bits per heavy atom. The van der Waals surface area contributed by atoms with E-state index >= 15 is 0 Å². The van der Waals surface area contributed by atoms with Crippen molar-refractivity contribution in [2.75, 3.05) is 36.0 Å². The van der Waals surface area contributed by atoms with Crippen LogP contribution < -0.4 is 9.80 Å². The number of hydrogen-bond donors (Lipinski definition) is 0. The number of halogens is 1. The molecule has 1 fully saturated rings. The molecule has 0 spiro atoms. The van der Waals surface area contributed by atoms with Gasteiger partial charge in [-0.1, -0.05) is 12.1 Å². The van der Waals surface area contributed by atoms with Gasteiger partial charge in [0.05, 0.1) is 5.69 Å². The first-order chi connectivity index (χ1) is 10.7. The van der Waals surface area contributed by atoms with E-state index in [1.807, 2.05) is 22.8 Å². The fourth-order valence-electron chi connectivity index (χ4n) is 2.61. The Balaban J connectivity index is 1.74. The molecule has 1 aromatic carbocycles. The summed E-state index contributed by atoms with van der Waals surface area (Å²) < 4.78 is 13.8. The van der Waals surface area contributed by atoms with Gasteiger partial charge >= 0.3 is 0 Å². The molecule has 0 atom stereocenters. The monoisotopic (exact) mass is 297 g/mol. The quantitative estimate of drug-likeness (QED) is 0.850. The van der Waals surface area contributed by atoms with Gasteiger partial charge < -0.3 is 9.80 Å². The second-order valence-corrected chi connectivity index (χ2v) is 5.23. The van der Waals surface area contributed by atoms with Crippen LogP contribution in [0.5, 0.6) is 0 Å². The number of aryl methyl sites for hydroxylation is 1. The Morgan fingerprint density at radius 3 is 2.45 bits per heavy atom. The number of para-hydroxylation sites is 1. The summed E-state index contributed by atoms with van der Waals surface area (Å²) in [7, 11) is 0. The van der Waals surface area contributed by atoms with Crippen LogP contribution in [0.3, 0.4) is 0 Å². The normalized spacial score (nSPS) is 14.8. The molecule has 0 saturated carbocycles. The number of nitriles is 1. The van der Waals surface area contributed by atoms with Gasteiger partial charge in [0.2, 0.25) is 5.95 Å². The van der Waals surface area contributed by atoms with Gasteiger partial charge in [0.25, 0.3) is 0 Å². The van der Waals surface area contributed by atoms with Crippen molar-refractivity contribution in [3.8, 4) is 6.07 Å². The molecule has 5 nitrogen and oxygen atoms in total. The Bertz CT molecular complexity index is 717. The van der Waals surface area contributed by atoms with E-state index in [0.717, 1.165) is 5.69 Å². The molecule has 0 bridgehead atoms. The topological polar surface area (TPSA) is 56.1 Å². The molecule has 1 aliphatic heterocycles.